The third-order valence-electron chi connectivity index (χ3n) is 1.87. The zero-order valence-corrected chi connectivity index (χ0v) is 8.70. The van der Waals surface area contributed by atoms with Crippen LogP contribution in [0.4, 0.5) is 13.2 Å². The molecule has 9 heteroatoms. The zero-order valence-electron chi connectivity index (χ0n) is 8.70. The van der Waals surface area contributed by atoms with Gasteiger partial charge in [0.1, 0.15) is 5.71 Å². The molecule has 96 valence electrons. The Balaban J connectivity index is 2.48. The molecule has 0 aromatic heterocycles. The van der Waals surface area contributed by atoms with Crippen LogP contribution in [-0.4, -0.2) is 36.6 Å². The quantitative estimate of drug-likeness (QED) is 0.316. The van der Waals surface area contributed by atoms with E-state index in [1.54, 1.807) is 0 Å². The van der Waals surface area contributed by atoms with E-state index in [-0.39, 0.29) is 24.6 Å². The van der Waals surface area contributed by atoms with Crippen molar-refractivity contribution in [1.82, 2.24) is 0 Å². The topological polar surface area (TPSA) is 103 Å². The number of cyclic esters (lactones) is 1. The van der Waals surface area contributed by atoms with Gasteiger partial charge in [-0.25, -0.2) is 9.79 Å². The summed E-state index contributed by atoms with van der Waals surface area (Å²) in [4.78, 5) is 17.8. The molecule has 0 aromatic rings. The Morgan fingerprint density at radius 1 is 1.47 bits per heavy atom. The summed E-state index contributed by atoms with van der Waals surface area (Å²) in [6.07, 6.45) is -6.69. The largest absolute Gasteiger partial charge is 0.447 e. The predicted octanol–water partition coefficient (Wildman–Crippen LogP) is -0.0738. The molecule has 1 heterocycles. The molecular weight excluding hydrogens is 241 g/mol. The standard InChI is InChI=1S/C8H11F3N4O2/c9-8(10,11)6-15-4(5(16)17-6)2-1-3-14-7(12)13/h6H,1-3H2,(H4,12,13,14). The first-order valence-corrected chi connectivity index (χ1v) is 4.70. The molecule has 1 atom stereocenters. The minimum atomic E-state index is -4.67. The van der Waals surface area contributed by atoms with E-state index in [0.29, 0.717) is 6.42 Å². The maximum absolute atomic E-state index is 12.2. The van der Waals surface area contributed by atoms with Crippen LogP contribution >= 0.6 is 0 Å². The monoisotopic (exact) mass is 252 g/mol. The van der Waals surface area contributed by atoms with Gasteiger partial charge < -0.3 is 16.2 Å². The summed E-state index contributed by atoms with van der Waals surface area (Å²) in [6, 6.07) is 0. The highest BCUT2D eigenvalue weighted by Gasteiger charge is 2.47. The highest BCUT2D eigenvalue weighted by Crippen LogP contribution is 2.27. The number of carbonyl (C=O) groups is 1. The summed E-state index contributed by atoms with van der Waals surface area (Å²) in [5.41, 5.74) is 9.86. The lowest BCUT2D eigenvalue weighted by Gasteiger charge is -2.09. The van der Waals surface area contributed by atoms with Gasteiger partial charge in [0.2, 0.25) is 0 Å². The molecule has 0 aromatic carbocycles. The first kappa shape index (κ1) is 13.3. The van der Waals surface area contributed by atoms with E-state index in [4.69, 9.17) is 11.5 Å². The lowest BCUT2D eigenvalue weighted by molar-refractivity contribution is -0.210. The van der Waals surface area contributed by atoms with Gasteiger partial charge in [-0.1, -0.05) is 0 Å². The molecule has 0 saturated heterocycles. The molecule has 1 unspecified atom stereocenters. The minimum absolute atomic E-state index is 0.0438. The van der Waals surface area contributed by atoms with Gasteiger partial charge in [-0.2, -0.15) is 13.2 Å². The number of esters is 1. The van der Waals surface area contributed by atoms with Crippen molar-refractivity contribution in [3.8, 4) is 0 Å². The SMILES string of the molecule is NC(N)=NCCCC1=NC(C(F)(F)F)OC1=O. The summed E-state index contributed by atoms with van der Waals surface area (Å²) in [5.74, 6) is -1.16. The lowest BCUT2D eigenvalue weighted by atomic mass is 10.2. The number of hydrogen-bond donors (Lipinski definition) is 2. The Kier molecular flexibility index (Phi) is 3.92. The summed E-state index contributed by atoms with van der Waals surface area (Å²) in [5, 5.41) is 0. The van der Waals surface area contributed by atoms with Gasteiger partial charge in [0, 0.05) is 6.54 Å². The summed E-state index contributed by atoms with van der Waals surface area (Å²) in [6.45, 7) is 0.214. The molecule has 0 radical (unpaired) electrons. The van der Waals surface area contributed by atoms with Gasteiger partial charge in [-0.05, 0) is 12.8 Å². The molecule has 1 rings (SSSR count). The van der Waals surface area contributed by atoms with Crippen LogP contribution in [0.1, 0.15) is 12.8 Å². The van der Waals surface area contributed by atoms with E-state index in [2.05, 4.69) is 14.7 Å². The fraction of sp³-hybridized carbons (Fsp3) is 0.625. The molecule has 1 aliphatic rings. The second-order valence-electron chi connectivity index (χ2n) is 3.29. The fourth-order valence-electron chi connectivity index (χ4n) is 1.15. The Hall–Kier alpha value is -1.80. The normalized spacial score (nSPS) is 19.8. The molecule has 4 N–H and O–H groups in total. The third-order valence-corrected chi connectivity index (χ3v) is 1.87. The maximum Gasteiger partial charge on any atom is 0.447 e. The van der Waals surface area contributed by atoms with E-state index in [9.17, 15) is 18.0 Å². The van der Waals surface area contributed by atoms with Crippen LogP contribution in [0, 0.1) is 0 Å². The number of guanidine groups is 1. The average Bonchev–Trinajstić information content (AvgIpc) is 2.54. The number of rotatable bonds is 4. The number of aliphatic imine (C=N–C) groups is 2. The number of ether oxygens (including phenoxy) is 1. The van der Waals surface area contributed by atoms with Gasteiger partial charge >= 0.3 is 12.1 Å². The fourth-order valence-corrected chi connectivity index (χ4v) is 1.15. The van der Waals surface area contributed by atoms with Crippen molar-refractivity contribution in [2.75, 3.05) is 6.54 Å². The van der Waals surface area contributed by atoms with Crippen molar-refractivity contribution in [3.63, 3.8) is 0 Å². The van der Waals surface area contributed by atoms with E-state index < -0.39 is 18.4 Å². The van der Waals surface area contributed by atoms with Crippen molar-refractivity contribution >= 4 is 17.6 Å². The van der Waals surface area contributed by atoms with Crippen LogP contribution in [0.2, 0.25) is 0 Å². The molecule has 17 heavy (non-hydrogen) atoms. The van der Waals surface area contributed by atoms with E-state index in [1.165, 1.54) is 0 Å². The molecule has 6 nitrogen and oxygen atoms in total. The van der Waals surface area contributed by atoms with Crippen molar-refractivity contribution in [3.05, 3.63) is 0 Å². The second-order valence-corrected chi connectivity index (χ2v) is 3.29. The number of nitrogens with zero attached hydrogens (tertiary/aromatic N) is 2. The molecule has 0 aliphatic carbocycles. The lowest BCUT2D eigenvalue weighted by Crippen LogP contribution is -2.27. The molecule has 1 aliphatic heterocycles. The Morgan fingerprint density at radius 2 is 2.12 bits per heavy atom. The number of hydrogen-bond acceptors (Lipinski definition) is 4. The first-order valence-electron chi connectivity index (χ1n) is 4.70. The Labute approximate surface area is 94.5 Å². The smallest absolute Gasteiger partial charge is 0.425 e. The first-order chi connectivity index (χ1) is 7.80. The zero-order chi connectivity index (χ0) is 13.1. The van der Waals surface area contributed by atoms with Crippen molar-refractivity contribution in [2.45, 2.75) is 25.2 Å². The van der Waals surface area contributed by atoms with Crippen LogP contribution in [0.15, 0.2) is 9.98 Å². The van der Waals surface area contributed by atoms with Gasteiger partial charge in [-0.15, -0.1) is 0 Å². The minimum Gasteiger partial charge on any atom is -0.425 e. The number of carbonyl (C=O) groups excluding carboxylic acids is 1. The summed E-state index contributed by atoms with van der Waals surface area (Å²) >= 11 is 0. The molecule has 0 fully saturated rings. The average molecular weight is 252 g/mol. The number of halogens is 3. The van der Waals surface area contributed by atoms with Gasteiger partial charge in [0.05, 0.1) is 0 Å². The Bertz CT molecular complexity index is 360. The van der Waals surface area contributed by atoms with Crippen LogP contribution in [-0.2, 0) is 9.53 Å². The van der Waals surface area contributed by atoms with Crippen molar-refractivity contribution < 1.29 is 22.7 Å². The molecular formula is C8H11F3N4O2. The highest BCUT2D eigenvalue weighted by atomic mass is 19.4. The molecule has 0 bridgehead atoms. The number of alkyl halides is 3. The Morgan fingerprint density at radius 3 is 2.59 bits per heavy atom. The van der Waals surface area contributed by atoms with E-state index >= 15 is 0 Å². The highest BCUT2D eigenvalue weighted by molar-refractivity contribution is 6.37. The van der Waals surface area contributed by atoms with Crippen LogP contribution in [0.5, 0.6) is 0 Å². The van der Waals surface area contributed by atoms with Crippen molar-refractivity contribution in [2.24, 2.45) is 21.5 Å². The predicted molar refractivity (Wildman–Crippen MR) is 53.3 cm³/mol. The van der Waals surface area contributed by atoms with E-state index in [0.717, 1.165) is 0 Å². The summed E-state index contributed by atoms with van der Waals surface area (Å²) < 4.78 is 40.6. The molecule has 0 saturated carbocycles. The maximum atomic E-state index is 12.2. The van der Waals surface area contributed by atoms with Crippen molar-refractivity contribution in [1.29, 1.82) is 0 Å². The van der Waals surface area contributed by atoms with Gasteiger partial charge in [0.25, 0.3) is 6.23 Å². The summed E-state index contributed by atoms with van der Waals surface area (Å²) in [7, 11) is 0. The molecule has 0 spiro atoms. The van der Waals surface area contributed by atoms with Crippen LogP contribution in [0.25, 0.3) is 0 Å². The third kappa shape index (κ3) is 3.93. The molecule has 0 amide bonds. The van der Waals surface area contributed by atoms with Gasteiger partial charge in [0.15, 0.2) is 5.96 Å². The number of nitrogens with two attached hydrogens (primary N) is 2. The van der Waals surface area contributed by atoms with Crippen LogP contribution < -0.4 is 11.5 Å². The van der Waals surface area contributed by atoms with E-state index in [1.807, 2.05) is 0 Å². The van der Waals surface area contributed by atoms with Gasteiger partial charge in [-0.3, -0.25) is 4.99 Å². The van der Waals surface area contributed by atoms with Crippen LogP contribution in [0.3, 0.4) is 0 Å². The second kappa shape index (κ2) is 5.02.